The van der Waals surface area contributed by atoms with Gasteiger partial charge in [0.15, 0.2) is 12.4 Å². The molecule has 0 unspecified atom stereocenters. The lowest BCUT2D eigenvalue weighted by molar-refractivity contribution is -0.697. The molecule has 0 atom stereocenters. The van der Waals surface area contributed by atoms with Gasteiger partial charge in [0.05, 0.1) is 0 Å². The van der Waals surface area contributed by atoms with Gasteiger partial charge in [-0.2, -0.15) is 0 Å². The molecule has 1 aromatic rings. The first kappa shape index (κ1) is 8.25. The summed E-state index contributed by atoms with van der Waals surface area (Å²) >= 11 is 0. The van der Waals surface area contributed by atoms with Gasteiger partial charge in [0.2, 0.25) is 0 Å². The molecule has 1 nitrogen and oxygen atoms in total. The number of unbranched alkanes of at least 4 members (excludes halogenated alkanes) is 1. The zero-order chi connectivity index (χ0) is 8.10. The SMILES string of the molecule is CCCC[n+]1ccc(C)cc1. The Kier molecular flexibility index (Phi) is 3.09. The quantitative estimate of drug-likeness (QED) is 0.581. The van der Waals surface area contributed by atoms with E-state index in [1.165, 1.54) is 18.4 Å². The lowest BCUT2D eigenvalue weighted by Crippen LogP contribution is -2.32. The van der Waals surface area contributed by atoms with Crippen LogP contribution >= 0.6 is 0 Å². The molecule has 11 heavy (non-hydrogen) atoms. The van der Waals surface area contributed by atoms with Crippen LogP contribution in [0.3, 0.4) is 0 Å². The van der Waals surface area contributed by atoms with E-state index in [1.807, 2.05) is 0 Å². The number of nitrogens with zero attached hydrogens (tertiary/aromatic N) is 1. The van der Waals surface area contributed by atoms with Crippen LogP contribution in [0.4, 0.5) is 0 Å². The molecule has 1 rings (SSSR count). The summed E-state index contributed by atoms with van der Waals surface area (Å²) in [6.07, 6.45) is 6.82. The highest BCUT2D eigenvalue weighted by atomic mass is 14.9. The highest BCUT2D eigenvalue weighted by molar-refractivity contribution is 5.03. The topological polar surface area (TPSA) is 3.88 Å². The van der Waals surface area contributed by atoms with E-state index in [2.05, 4.69) is 42.9 Å². The molecule has 0 bridgehead atoms. The number of hydrogen-bond acceptors (Lipinski definition) is 0. The number of pyridine rings is 1. The van der Waals surface area contributed by atoms with Gasteiger partial charge >= 0.3 is 0 Å². The lowest BCUT2D eigenvalue weighted by Gasteiger charge is -1.94. The van der Waals surface area contributed by atoms with Gasteiger partial charge in [-0.15, -0.1) is 0 Å². The molecule has 1 aromatic heterocycles. The van der Waals surface area contributed by atoms with Crippen LogP contribution in [0, 0.1) is 6.92 Å². The Balaban J connectivity index is 2.52. The van der Waals surface area contributed by atoms with Crippen molar-refractivity contribution in [2.45, 2.75) is 33.2 Å². The minimum atomic E-state index is 1.15. The molecule has 0 saturated heterocycles. The van der Waals surface area contributed by atoms with Crippen molar-refractivity contribution in [2.75, 3.05) is 0 Å². The van der Waals surface area contributed by atoms with Crippen molar-refractivity contribution in [1.82, 2.24) is 0 Å². The highest BCUT2D eigenvalue weighted by Gasteiger charge is 1.95. The monoisotopic (exact) mass is 150 g/mol. The minimum absolute atomic E-state index is 1.15. The Morgan fingerprint density at radius 1 is 1.27 bits per heavy atom. The third-order valence-electron chi connectivity index (χ3n) is 1.83. The fraction of sp³-hybridized carbons (Fsp3) is 0.500. The maximum Gasteiger partial charge on any atom is 0.169 e. The van der Waals surface area contributed by atoms with Crippen molar-refractivity contribution in [2.24, 2.45) is 0 Å². The largest absolute Gasteiger partial charge is 0.205 e. The zero-order valence-corrected chi connectivity index (χ0v) is 7.38. The molecule has 0 aliphatic carbocycles. The Labute approximate surface area is 68.7 Å². The summed E-state index contributed by atoms with van der Waals surface area (Å²) in [5.74, 6) is 0. The Hall–Kier alpha value is -0.850. The lowest BCUT2D eigenvalue weighted by atomic mass is 10.3. The zero-order valence-electron chi connectivity index (χ0n) is 7.38. The van der Waals surface area contributed by atoms with Gasteiger partial charge in [-0.1, -0.05) is 13.3 Å². The van der Waals surface area contributed by atoms with E-state index >= 15 is 0 Å². The number of hydrogen-bond donors (Lipinski definition) is 0. The fourth-order valence-corrected chi connectivity index (χ4v) is 1.02. The smallest absolute Gasteiger partial charge is 0.169 e. The van der Waals surface area contributed by atoms with Crippen LogP contribution in [0.5, 0.6) is 0 Å². The highest BCUT2D eigenvalue weighted by Crippen LogP contribution is 1.91. The molecule has 0 spiro atoms. The Morgan fingerprint density at radius 2 is 1.91 bits per heavy atom. The standard InChI is InChI=1S/C10H16N/c1-3-4-7-11-8-5-10(2)6-9-11/h5-6,8-9H,3-4,7H2,1-2H3/q+1. The molecule has 0 radical (unpaired) electrons. The van der Waals surface area contributed by atoms with E-state index in [4.69, 9.17) is 0 Å². The van der Waals surface area contributed by atoms with Crippen LogP contribution in [0.25, 0.3) is 0 Å². The normalized spacial score (nSPS) is 10.0. The molecule has 60 valence electrons. The van der Waals surface area contributed by atoms with Gasteiger partial charge in [-0.05, 0) is 12.5 Å². The molecule has 0 saturated carbocycles. The van der Waals surface area contributed by atoms with Crippen molar-refractivity contribution >= 4 is 0 Å². The summed E-state index contributed by atoms with van der Waals surface area (Å²) < 4.78 is 2.23. The maximum absolute atomic E-state index is 2.23. The van der Waals surface area contributed by atoms with Crippen LogP contribution in [0.15, 0.2) is 24.5 Å². The first-order chi connectivity index (χ1) is 5.33. The van der Waals surface area contributed by atoms with Crippen molar-refractivity contribution in [1.29, 1.82) is 0 Å². The van der Waals surface area contributed by atoms with Crippen LogP contribution in [-0.2, 0) is 6.54 Å². The first-order valence-electron chi connectivity index (χ1n) is 4.28. The molecule has 0 aliphatic rings. The summed E-state index contributed by atoms with van der Waals surface area (Å²) in [4.78, 5) is 0. The molecule has 0 fully saturated rings. The predicted octanol–water partition coefficient (Wildman–Crippen LogP) is 2.08. The Bertz CT molecular complexity index is 201. The van der Waals surface area contributed by atoms with E-state index in [1.54, 1.807) is 0 Å². The average molecular weight is 150 g/mol. The number of rotatable bonds is 3. The first-order valence-corrected chi connectivity index (χ1v) is 4.28. The fourth-order valence-electron chi connectivity index (χ4n) is 1.02. The van der Waals surface area contributed by atoms with E-state index in [-0.39, 0.29) is 0 Å². The summed E-state index contributed by atoms with van der Waals surface area (Å²) in [7, 11) is 0. The van der Waals surface area contributed by atoms with Gasteiger partial charge in [-0.3, -0.25) is 0 Å². The van der Waals surface area contributed by atoms with E-state index in [9.17, 15) is 0 Å². The second kappa shape index (κ2) is 4.12. The van der Waals surface area contributed by atoms with Crippen LogP contribution in [-0.4, -0.2) is 0 Å². The van der Waals surface area contributed by atoms with E-state index in [0.29, 0.717) is 0 Å². The molecule has 0 aromatic carbocycles. The van der Waals surface area contributed by atoms with Crippen LogP contribution in [0.2, 0.25) is 0 Å². The van der Waals surface area contributed by atoms with E-state index < -0.39 is 0 Å². The molecule has 1 heteroatoms. The third kappa shape index (κ3) is 2.71. The molecule has 1 heterocycles. The van der Waals surface area contributed by atoms with Gasteiger partial charge in [0, 0.05) is 18.6 Å². The van der Waals surface area contributed by atoms with E-state index in [0.717, 1.165) is 6.54 Å². The van der Waals surface area contributed by atoms with Crippen molar-refractivity contribution in [3.8, 4) is 0 Å². The van der Waals surface area contributed by atoms with Crippen LogP contribution < -0.4 is 4.57 Å². The average Bonchev–Trinajstić information content (AvgIpc) is 2.04. The predicted molar refractivity (Wildman–Crippen MR) is 46.3 cm³/mol. The Morgan fingerprint density at radius 3 is 2.45 bits per heavy atom. The van der Waals surface area contributed by atoms with Crippen molar-refractivity contribution in [3.63, 3.8) is 0 Å². The number of aryl methyl sites for hydroxylation is 2. The summed E-state index contributed by atoms with van der Waals surface area (Å²) in [6, 6.07) is 4.30. The molecule has 0 N–H and O–H groups in total. The molecule has 0 amide bonds. The maximum atomic E-state index is 2.23. The second-order valence-corrected chi connectivity index (χ2v) is 2.97. The van der Waals surface area contributed by atoms with Crippen molar-refractivity contribution in [3.05, 3.63) is 30.1 Å². The van der Waals surface area contributed by atoms with Gasteiger partial charge < -0.3 is 0 Å². The third-order valence-corrected chi connectivity index (χ3v) is 1.83. The minimum Gasteiger partial charge on any atom is -0.205 e. The molecular formula is C10H16N+. The van der Waals surface area contributed by atoms with Gasteiger partial charge in [0.25, 0.3) is 0 Å². The number of aromatic nitrogens is 1. The van der Waals surface area contributed by atoms with Crippen molar-refractivity contribution < 1.29 is 4.57 Å². The summed E-state index contributed by atoms with van der Waals surface area (Å²) in [6.45, 7) is 5.48. The molecule has 0 aliphatic heterocycles. The second-order valence-electron chi connectivity index (χ2n) is 2.97. The van der Waals surface area contributed by atoms with Gasteiger partial charge in [0.1, 0.15) is 6.54 Å². The van der Waals surface area contributed by atoms with Crippen LogP contribution in [0.1, 0.15) is 25.3 Å². The molecular weight excluding hydrogens is 134 g/mol. The summed E-state index contributed by atoms with van der Waals surface area (Å²) in [5, 5.41) is 0. The summed E-state index contributed by atoms with van der Waals surface area (Å²) in [5.41, 5.74) is 1.33. The van der Waals surface area contributed by atoms with Gasteiger partial charge in [-0.25, -0.2) is 4.57 Å².